The van der Waals surface area contributed by atoms with E-state index in [4.69, 9.17) is 11.6 Å². The third kappa shape index (κ3) is 3.05. The maximum atomic E-state index is 11.3. The topological polar surface area (TPSA) is 68.3 Å². The number of anilines is 1. The Hall–Kier alpha value is -0.890. The van der Waals surface area contributed by atoms with Crippen LogP contribution < -0.4 is 5.32 Å². The number of hydrogen-bond donors (Lipinski definition) is 1. The van der Waals surface area contributed by atoms with Crippen molar-refractivity contribution in [3.63, 3.8) is 0 Å². The van der Waals surface area contributed by atoms with Crippen LogP contribution in [0.1, 0.15) is 17.4 Å². The molecule has 16 heavy (non-hydrogen) atoms. The van der Waals surface area contributed by atoms with Gasteiger partial charge in [-0.1, -0.05) is 11.6 Å². The summed E-state index contributed by atoms with van der Waals surface area (Å²) in [6, 6.07) is 1.57. The zero-order valence-corrected chi connectivity index (χ0v) is 11.4. The minimum atomic E-state index is -0.643. The molecule has 1 aromatic heterocycles. The van der Waals surface area contributed by atoms with Crippen molar-refractivity contribution in [2.24, 2.45) is 0 Å². The Morgan fingerprint density at radius 3 is 2.69 bits per heavy atom. The van der Waals surface area contributed by atoms with Crippen LogP contribution in [0.2, 0.25) is 5.02 Å². The molecule has 0 spiro atoms. The first-order valence-electron chi connectivity index (χ1n) is 4.17. The van der Waals surface area contributed by atoms with E-state index in [9.17, 15) is 9.59 Å². The average molecular weight is 355 g/mol. The summed E-state index contributed by atoms with van der Waals surface area (Å²) in [7, 11) is 1.23. The van der Waals surface area contributed by atoms with E-state index in [-0.39, 0.29) is 16.6 Å². The molecule has 0 aliphatic heterocycles. The summed E-state index contributed by atoms with van der Waals surface area (Å²) in [6.45, 7) is 1.35. The zero-order valence-electron chi connectivity index (χ0n) is 8.51. The molecule has 1 N–H and O–H groups in total. The highest BCUT2D eigenvalue weighted by atomic mass is 127. The van der Waals surface area contributed by atoms with Crippen LogP contribution in [0.4, 0.5) is 5.69 Å². The second kappa shape index (κ2) is 5.44. The van der Waals surface area contributed by atoms with Gasteiger partial charge in [0.05, 0.1) is 17.8 Å². The molecule has 0 aromatic carbocycles. The number of ether oxygens (including phenoxy) is 1. The Morgan fingerprint density at radius 2 is 2.19 bits per heavy atom. The summed E-state index contributed by atoms with van der Waals surface area (Å²) in [5.41, 5.74) is 0.328. The maximum absolute atomic E-state index is 11.3. The van der Waals surface area contributed by atoms with E-state index in [1.807, 2.05) is 22.6 Å². The van der Waals surface area contributed by atoms with Crippen molar-refractivity contribution in [3.8, 4) is 0 Å². The Labute approximate surface area is 111 Å². The van der Waals surface area contributed by atoms with E-state index in [0.29, 0.717) is 9.39 Å². The number of amides is 1. The van der Waals surface area contributed by atoms with Gasteiger partial charge in [0.2, 0.25) is 5.91 Å². The standard InChI is InChI=1S/C9H8ClIN2O3/c1-4(14)12-5-3-6(11)13-8(7(5)10)9(15)16-2/h3H,1-2H3,(H,12,13,14). The van der Waals surface area contributed by atoms with Gasteiger partial charge < -0.3 is 10.1 Å². The van der Waals surface area contributed by atoms with Gasteiger partial charge in [-0.15, -0.1) is 0 Å². The molecule has 0 fully saturated rings. The summed E-state index contributed by atoms with van der Waals surface area (Å²) in [5.74, 6) is -0.921. The van der Waals surface area contributed by atoms with E-state index in [1.165, 1.54) is 14.0 Å². The second-order valence-corrected chi connectivity index (χ2v) is 4.31. The SMILES string of the molecule is COC(=O)c1nc(I)cc(NC(C)=O)c1Cl. The number of hydrogen-bond acceptors (Lipinski definition) is 4. The molecular weight excluding hydrogens is 346 g/mol. The fourth-order valence-electron chi connectivity index (χ4n) is 1.01. The molecule has 86 valence electrons. The molecule has 0 radical (unpaired) electrons. The number of carbonyl (C=O) groups is 2. The monoisotopic (exact) mass is 354 g/mol. The van der Waals surface area contributed by atoms with Gasteiger partial charge in [0, 0.05) is 6.92 Å². The van der Waals surface area contributed by atoms with Crippen molar-refractivity contribution in [1.82, 2.24) is 4.98 Å². The minimum Gasteiger partial charge on any atom is -0.464 e. The van der Waals surface area contributed by atoms with Crippen LogP contribution in [0.15, 0.2) is 6.07 Å². The number of pyridine rings is 1. The number of rotatable bonds is 2. The number of methoxy groups -OCH3 is 1. The maximum Gasteiger partial charge on any atom is 0.358 e. The molecule has 0 aliphatic carbocycles. The fraction of sp³-hybridized carbons (Fsp3) is 0.222. The largest absolute Gasteiger partial charge is 0.464 e. The summed E-state index contributed by atoms with van der Waals surface area (Å²) in [5, 5.41) is 2.58. The van der Waals surface area contributed by atoms with Crippen LogP contribution in [0.5, 0.6) is 0 Å². The Kier molecular flexibility index (Phi) is 4.48. The van der Waals surface area contributed by atoms with Crippen molar-refractivity contribution >= 4 is 51.8 Å². The van der Waals surface area contributed by atoms with Crippen molar-refractivity contribution in [3.05, 3.63) is 20.5 Å². The molecule has 1 aromatic rings. The normalized spacial score (nSPS) is 9.75. The minimum absolute atomic E-state index is 0.0141. The Bertz CT molecular complexity index is 451. The molecule has 7 heteroatoms. The summed E-state index contributed by atoms with van der Waals surface area (Å²) >= 11 is 7.83. The summed E-state index contributed by atoms with van der Waals surface area (Å²) < 4.78 is 5.06. The first-order chi connectivity index (χ1) is 7.45. The molecule has 1 rings (SSSR count). The van der Waals surface area contributed by atoms with Gasteiger partial charge in [-0.05, 0) is 28.7 Å². The van der Waals surface area contributed by atoms with Crippen LogP contribution in [0.3, 0.4) is 0 Å². The van der Waals surface area contributed by atoms with Gasteiger partial charge in [-0.25, -0.2) is 9.78 Å². The number of nitrogens with zero attached hydrogens (tertiary/aromatic N) is 1. The molecule has 0 unspecified atom stereocenters. The highest BCUT2D eigenvalue weighted by Crippen LogP contribution is 2.26. The molecule has 1 heterocycles. The molecule has 5 nitrogen and oxygen atoms in total. The van der Waals surface area contributed by atoms with E-state index in [0.717, 1.165) is 0 Å². The molecule has 0 atom stereocenters. The van der Waals surface area contributed by atoms with E-state index >= 15 is 0 Å². The first-order valence-corrected chi connectivity index (χ1v) is 5.63. The lowest BCUT2D eigenvalue weighted by atomic mass is 10.3. The predicted molar refractivity (Wildman–Crippen MR) is 67.6 cm³/mol. The van der Waals surface area contributed by atoms with Crippen molar-refractivity contribution in [2.75, 3.05) is 12.4 Å². The Balaban J connectivity index is 3.25. The van der Waals surface area contributed by atoms with Gasteiger partial charge in [0.1, 0.15) is 3.70 Å². The third-order valence-corrected chi connectivity index (χ3v) is 2.55. The van der Waals surface area contributed by atoms with Crippen LogP contribution in [-0.4, -0.2) is 24.0 Å². The van der Waals surface area contributed by atoms with E-state index in [2.05, 4.69) is 15.0 Å². The van der Waals surface area contributed by atoms with E-state index in [1.54, 1.807) is 6.07 Å². The zero-order chi connectivity index (χ0) is 12.3. The molecule has 0 saturated heterocycles. The summed E-state index contributed by atoms with van der Waals surface area (Å²) in [4.78, 5) is 26.2. The van der Waals surface area contributed by atoms with Gasteiger partial charge >= 0.3 is 5.97 Å². The van der Waals surface area contributed by atoms with Gasteiger partial charge in [0.15, 0.2) is 5.69 Å². The van der Waals surface area contributed by atoms with Crippen molar-refractivity contribution in [1.29, 1.82) is 0 Å². The molecule has 0 aliphatic rings. The van der Waals surface area contributed by atoms with Gasteiger partial charge in [-0.2, -0.15) is 0 Å². The van der Waals surface area contributed by atoms with Crippen LogP contribution in [-0.2, 0) is 9.53 Å². The highest BCUT2D eigenvalue weighted by molar-refractivity contribution is 14.1. The fourth-order valence-corrected chi connectivity index (χ4v) is 1.78. The number of aromatic nitrogens is 1. The first kappa shape index (κ1) is 13.2. The molecule has 1 amide bonds. The molecule has 0 saturated carbocycles. The lowest BCUT2D eigenvalue weighted by Gasteiger charge is -2.08. The summed E-state index contributed by atoms with van der Waals surface area (Å²) in [6.07, 6.45) is 0. The number of nitrogens with one attached hydrogen (secondary N) is 1. The van der Waals surface area contributed by atoms with Gasteiger partial charge in [-0.3, -0.25) is 4.79 Å². The Morgan fingerprint density at radius 1 is 1.56 bits per heavy atom. The number of carbonyl (C=O) groups excluding carboxylic acids is 2. The van der Waals surface area contributed by atoms with Crippen molar-refractivity contribution in [2.45, 2.75) is 6.92 Å². The highest BCUT2D eigenvalue weighted by Gasteiger charge is 2.17. The predicted octanol–water partition coefficient (Wildman–Crippen LogP) is 2.08. The quantitative estimate of drug-likeness (QED) is 0.502. The average Bonchev–Trinajstić information content (AvgIpc) is 2.21. The van der Waals surface area contributed by atoms with Crippen LogP contribution >= 0.6 is 34.2 Å². The number of halogens is 2. The molecular formula is C9H8ClIN2O3. The lowest BCUT2D eigenvalue weighted by molar-refractivity contribution is -0.114. The number of esters is 1. The van der Waals surface area contributed by atoms with Crippen LogP contribution in [0, 0.1) is 3.70 Å². The van der Waals surface area contributed by atoms with E-state index < -0.39 is 5.97 Å². The van der Waals surface area contributed by atoms with Gasteiger partial charge in [0.25, 0.3) is 0 Å². The lowest BCUT2D eigenvalue weighted by Crippen LogP contribution is -2.11. The smallest absolute Gasteiger partial charge is 0.358 e. The van der Waals surface area contributed by atoms with Crippen molar-refractivity contribution < 1.29 is 14.3 Å². The van der Waals surface area contributed by atoms with Crippen LogP contribution in [0.25, 0.3) is 0 Å². The third-order valence-electron chi connectivity index (χ3n) is 1.62. The second-order valence-electron chi connectivity index (χ2n) is 2.83. The molecule has 0 bridgehead atoms.